The molecule has 2 aromatic carbocycles. The van der Waals surface area contributed by atoms with Crippen molar-refractivity contribution in [1.29, 1.82) is 0 Å². The number of carboxylic acids is 1. The minimum atomic E-state index is -4.00. The molecule has 0 saturated carbocycles. The number of aromatic carboxylic acids is 1. The number of nitrogens with zero attached hydrogens (tertiary/aromatic N) is 4. The van der Waals surface area contributed by atoms with E-state index in [0.717, 1.165) is 42.1 Å². The molecular formula is C28H32ClN5O5S. The van der Waals surface area contributed by atoms with E-state index in [1.165, 1.54) is 10.5 Å². The molecule has 10 nitrogen and oxygen atoms in total. The van der Waals surface area contributed by atoms with Crippen LogP contribution in [0.1, 0.15) is 47.4 Å². The Morgan fingerprint density at radius 2 is 1.77 bits per heavy atom. The fraction of sp³-hybridized carbons (Fsp3) is 0.357. The number of nitrogens with one attached hydrogen (secondary N) is 1. The topological polar surface area (TPSA) is 133 Å². The molecule has 1 saturated heterocycles. The first-order chi connectivity index (χ1) is 19.1. The summed E-state index contributed by atoms with van der Waals surface area (Å²) in [5.41, 5.74) is 2.62. The third-order valence-electron chi connectivity index (χ3n) is 6.86. The highest BCUT2D eigenvalue weighted by molar-refractivity contribution is 7.89. The molecule has 0 radical (unpaired) electrons. The second-order valence-electron chi connectivity index (χ2n) is 9.53. The molecule has 3 aromatic rings. The molecule has 12 heteroatoms. The number of piperazine rings is 1. The van der Waals surface area contributed by atoms with E-state index in [0.29, 0.717) is 10.8 Å². The lowest BCUT2D eigenvalue weighted by Gasteiger charge is -2.40. The van der Waals surface area contributed by atoms with Crippen LogP contribution in [-0.4, -0.2) is 65.4 Å². The lowest BCUT2D eigenvalue weighted by atomic mass is 10.1. The zero-order chi connectivity index (χ0) is 28.9. The second-order valence-corrected chi connectivity index (χ2v) is 11.8. The van der Waals surface area contributed by atoms with Crippen molar-refractivity contribution in [2.24, 2.45) is 0 Å². The number of carboxylic acid groups (broad SMARTS) is 1. The Hall–Kier alpha value is -3.54. The van der Waals surface area contributed by atoms with E-state index in [1.807, 2.05) is 25.1 Å². The first-order valence-corrected chi connectivity index (χ1v) is 14.9. The summed E-state index contributed by atoms with van der Waals surface area (Å²) in [4.78, 5) is 34.6. The molecule has 0 unspecified atom stereocenters. The van der Waals surface area contributed by atoms with Crippen LogP contribution in [0.2, 0.25) is 5.02 Å². The number of rotatable bonds is 10. The van der Waals surface area contributed by atoms with Crippen LogP contribution in [0.3, 0.4) is 0 Å². The Morgan fingerprint density at radius 1 is 1.05 bits per heavy atom. The zero-order valence-corrected chi connectivity index (χ0v) is 24.0. The SMILES string of the molecule is CCCc1ccc(CNC(=O)[C@H]2CN(c3cnc(C(=O)O)cn3)CCN2S(=O)(=O)c2ccc(CC)cc2)c(Cl)c1. The number of anilines is 1. The highest BCUT2D eigenvalue weighted by atomic mass is 35.5. The Bertz CT molecular complexity index is 1470. The number of hydrogen-bond acceptors (Lipinski definition) is 7. The molecule has 1 fully saturated rings. The maximum atomic E-state index is 13.7. The molecule has 2 N–H and O–H groups in total. The predicted octanol–water partition coefficient (Wildman–Crippen LogP) is 3.54. The number of halogens is 1. The zero-order valence-electron chi connectivity index (χ0n) is 22.4. The molecule has 1 amide bonds. The average Bonchev–Trinajstić information content (AvgIpc) is 2.96. The standard InChI is InChI=1S/C28H32ClN5O5S/c1-3-5-20-6-9-21(23(29)14-20)15-32-27(35)25-18-33(26-17-30-24(16-31-26)28(36)37)12-13-34(25)40(38,39)22-10-7-19(4-2)8-11-22/h6-11,14,16-17,25H,3-5,12-13,15,18H2,1-2H3,(H,32,35)(H,36,37)/t25-/m1/s1. The van der Waals surface area contributed by atoms with E-state index in [9.17, 15) is 18.0 Å². The van der Waals surface area contributed by atoms with Crippen LogP contribution < -0.4 is 10.2 Å². The molecule has 1 atom stereocenters. The van der Waals surface area contributed by atoms with Crippen LogP contribution in [0.5, 0.6) is 0 Å². The van der Waals surface area contributed by atoms with E-state index in [2.05, 4.69) is 22.2 Å². The van der Waals surface area contributed by atoms with Crippen molar-refractivity contribution in [3.63, 3.8) is 0 Å². The smallest absolute Gasteiger partial charge is 0.356 e. The first-order valence-electron chi connectivity index (χ1n) is 13.1. The summed E-state index contributed by atoms with van der Waals surface area (Å²) in [6.07, 6.45) is 5.10. The molecule has 0 aliphatic carbocycles. The molecule has 1 aromatic heterocycles. The molecule has 212 valence electrons. The third-order valence-corrected chi connectivity index (χ3v) is 9.14. The summed E-state index contributed by atoms with van der Waals surface area (Å²) in [5, 5.41) is 12.5. The van der Waals surface area contributed by atoms with Crippen LogP contribution >= 0.6 is 11.6 Å². The summed E-state index contributed by atoms with van der Waals surface area (Å²) < 4.78 is 28.6. The molecule has 4 rings (SSSR count). The lowest BCUT2D eigenvalue weighted by molar-refractivity contribution is -0.125. The monoisotopic (exact) mass is 585 g/mol. The number of benzene rings is 2. The van der Waals surface area contributed by atoms with Crippen LogP contribution in [-0.2, 0) is 34.2 Å². The number of carbonyl (C=O) groups excluding carboxylic acids is 1. The maximum absolute atomic E-state index is 13.7. The molecule has 1 aliphatic rings. The van der Waals surface area contributed by atoms with Crippen LogP contribution in [0.25, 0.3) is 0 Å². The molecule has 0 bridgehead atoms. The van der Waals surface area contributed by atoms with Gasteiger partial charge >= 0.3 is 5.97 Å². The van der Waals surface area contributed by atoms with Crippen molar-refractivity contribution in [2.75, 3.05) is 24.5 Å². The molecule has 0 spiro atoms. The van der Waals surface area contributed by atoms with Crippen LogP contribution in [0.15, 0.2) is 59.8 Å². The van der Waals surface area contributed by atoms with E-state index >= 15 is 0 Å². The van der Waals surface area contributed by atoms with Gasteiger partial charge in [-0.15, -0.1) is 0 Å². The Balaban J connectivity index is 1.59. The van der Waals surface area contributed by atoms with Crippen molar-refractivity contribution >= 4 is 39.3 Å². The molecule has 2 heterocycles. The number of carbonyl (C=O) groups is 2. The van der Waals surface area contributed by atoms with Crippen molar-refractivity contribution in [3.8, 4) is 0 Å². The van der Waals surface area contributed by atoms with Crippen molar-refractivity contribution in [1.82, 2.24) is 19.6 Å². The highest BCUT2D eigenvalue weighted by Crippen LogP contribution is 2.25. The fourth-order valence-corrected chi connectivity index (χ4v) is 6.42. The van der Waals surface area contributed by atoms with Gasteiger partial charge in [0, 0.05) is 31.2 Å². The van der Waals surface area contributed by atoms with E-state index in [-0.39, 0.29) is 36.8 Å². The van der Waals surface area contributed by atoms with Crippen LogP contribution in [0.4, 0.5) is 5.82 Å². The number of hydrogen-bond donors (Lipinski definition) is 2. The van der Waals surface area contributed by atoms with Crippen molar-refractivity contribution in [2.45, 2.75) is 50.6 Å². The summed E-state index contributed by atoms with van der Waals surface area (Å²) in [5.74, 6) is -1.34. The van der Waals surface area contributed by atoms with Gasteiger partial charge in [-0.05, 0) is 47.7 Å². The Kier molecular flexibility index (Phi) is 9.39. The van der Waals surface area contributed by atoms with Crippen molar-refractivity contribution in [3.05, 3.63) is 82.3 Å². The summed E-state index contributed by atoms with van der Waals surface area (Å²) in [6.45, 7) is 4.46. The third kappa shape index (κ3) is 6.60. The largest absolute Gasteiger partial charge is 0.476 e. The van der Waals surface area contributed by atoms with Gasteiger partial charge in [-0.2, -0.15) is 4.31 Å². The maximum Gasteiger partial charge on any atom is 0.356 e. The van der Waals surface area contributed by atoms with Gasteiger partial charge in [-0.1, -0.05) is 56.1 Å². The predicted molar refractivity (Wildman–Crippen MR) is 152 cm³/mol. The second kappa shape index (κ2) is 12.8. The average molecular weight is 586 g/mol. The van der Waals surface area contributed by atoms with Gasteiger partial charge in [-0.25, -0.2) is 23.2 Å². The summed E-state index contributed by atoms with van der Waals surface area (Å²) in [6, 6.07) is 11.3. The lowest BCUT2D eigenvalue weighted by Crippen LogP contribution is -2.60. The first kappa shape index (κ1) is 29.4. The Labute approximate surface area is 239 Å². The van der Waals surface area contributed by atoms with Gasteiger partial charge < -0.3 is 15.3 Å². The van der Waals surface area contributed by atoms with E-state index < -0.39 is 27.9 Å². The summed E-state index contributed by atoms with van der Waals surface area (Å²) in [7, 11) is -4.00. The van der Waals surface area contributed by atoms with Gasteiger partial charge in [-0.3, -0.25) is 4.79 Å². The van der Waals surface area contributed by atoms with Gasteiger partial charge in [0.1, 0.15) is 11.9 Å². The Morgan fingerprint density at radius 3 is 2.38 bits per heavy atom. The molecule has 1 aliphatic heterocycles. The number of aryl methyl sites for hydroxylation is 2. The van der Waals surface area contributed by atoms with E-state index in [4.69, 9.17) is 16.7 Å². The van der Waals surface area contributed by atoms with Crippen molar-refractivity contribution < 1.29 is 23.1 Å². The van der Waals surface area contributed by atoms with Gasteiger partial charge in [0.15, 0.2) is 5.69 Å². The van der Waals surface area contributed by atoms with Gasteiger partial charge in [0.05, 0.1) is 17.3 Å². The highest BCUT2D eigenvalue weighted by Gasteiger charge is 2.40. The molecular weight excluding hydrogens is 554 g/mol. The summed E-state index contributed by atoms with van der Waals surface area (Å²) >= 11 is 6.46. The number of aromatic nitrogens is 2. The van der Waals surface area contributed by atoms with Crippen LogP contribution in [0, 0.1) is 0 Å². The minimum absolute atomic E-state index is 0.00236. The number of amides is 1. The molecule has 40 heavy (non-hydrogen) atoms. The number of sulfonamides is 1. The van der Waals surface area contributed by atoms with Gasteiger partial charge in [0.25, 0.3) is 0 Å². The normalized spacial score (nSPS) is 16.1. The fourth-order valence-electron chi connectivity index (χ4n) is 4.58. The minimum Gasteiger partial charge on any atom is -0.476 e. The van der Waals surface area contributed by atoms with Gasteiger partial charge in [0.2, 0.25) is 15.9 Å². The quantitative estimate of drug-likeness (QED) is 0.369. The van der Waals surface area contributed by atoms with E-state index in [1.54, 1.807) is 29.2 Å².